The molecule has 1 aliphatic heterocycles. The van der Waals surface area contributed by atoms with Gasteiger partial charge >= 0.3 is 0 Å². The lowest BCUT2D eigenvalue weighted by Gasteiger charge is -2.29. The SMILES string of the molecule is CC(CNC(=O)C1CCCC(CN)C1)N1CCCC1. The van der Waals surface area contributed by atoms with Gasteiger partial charge in [0.2, 0.25) is 5.91 Å². The van der Waals surface area contributed by atoms with E-state index in [9.17, 15) is 4.79 Å². The molecule has 0 bridgehead atoms. The number of likely N-dealkylation sites (tertiary alicyclic amines) is 1. The van der Waals surface area contributed by atoms with Gasteiger partial charge in [-0.2, -0.15) is 0 Å². The quantitative estimate of drug-likeness (QED) is 0.790. The second kappa shape index (κ2) is 7.25. The Labute approximate surface area is 117 Å². The van der Waals surface area contributed by atoms with Gasteiger partial charge in [0.1, 0.15) is 0 Å². The Kier molecular flexibility index (Phi) is 5.64. The Balaban J connectivity index is 1.71. The third kappa shape index (κ3) is 4.18. The Hall–Kier alpha value is -0.610. The molecule has 1 amide bonds. The Morgan fingerprint density at radius 2 is 2.05 bits per heavy atom. The fraction of sp³-hybridized carbons (Fsp3) is 0.933. The molecule has 3 unspecified atom stereocenters. The summed E-state index contributed by atoms with van der Waals surface area (Å²) in [5, 5.41) is 3.15. The second-order valence-corrected chi connectivity index (χ2v) is 6.30. The molecule has 1 saturated carbocycles. The number of hydrogen-bond donors (Lipinski definition) is 2. The first-order valence-electron chi connectivity index (χ1n) is 7.92. The second-order valence-electron chi connectivity index (χ2n) is 6.30. The Morgan fingerprint density at radius 1 is 1.32 bits per heavy atom. The average molecular weight is 267 g/mol. The summed E-state index contributed by atoms with van der Waals surface area (Å²) in [6.45, 7) is 6.12. The molecule has 0 aromatic carbocycles. The van der Waals surface area contributed by atoms with Gasteiger partial charge < -0.3 is 11.1 Å². The highest BCUT2D eigenvalue weighted by Crippen LogP contribution is 2.28. The molecule has 110 valence electrons. The van der Waals surface area contributed by atoms with E-state index in [-0.39, 0.29) is 11.8 Å². The topological polar surface area (TPSA) is 58.4 Å². The molecule has 3 atom stereocenters. The number of carbonyl (C=O) groups is 1. The molecular formula is C15H29N3O. The highest BCUT2D eigenvalue weighted by molar-refractivity contribution is 5.78. The van der Waals surface area contributed by atoms with Crippen LogP contribution >= 0.6 is 0 Å². The summed E-state index contributed by atoms with van der Waals surface area (Å²) in [5.41, 5.74) is 5.73. The summed E-state index contributed by atoms with van der Waals surface area (Å²) in [6.07, 6.45) is 6.99. The van der Waals surface area contributed by atoms with Gasteiger partial charge in [0.05, 0.1) is 0 Å². The molecule has 2 fully saturated rings. The van der Waals surface area contributed by atoms with Gasteiger partial charge in [0.15, 0.2) is 0 Å². The molecule has 0 spiro atoms. The summed E-state index contributed by atoms with van der Waals surface area (Å²) in [6, 6.07) is 0.473. The number of rotatable bonds is 5. The highest BCUT2D eigenvalue weighted by Gasteiger charge is 2.27. The van der Waals surface area contributed by atoms with Crippen molar-refractivity contribution in [2.24, 2.45) is 17.6 Å². The standard InChI is InChI=1S/C15H29N3O/c1-12(18-7-2-3-8-18)11-17-15(19)14-6-4-5-13(9-14)10-16/h12-14H,2-11,16H2,1H3,(H,17,19). The van der Waals surface area contributed by atoms with Gasteiger partial charge in [-0.1, -0.05) is 6.42 Å². The highest BCUT2D eigenvalue weighted by atomic mass is 16.1. The van der Waals surface area contributed by atoms with E-state index >= 15 is 0 Å². The number of nitrogens with two attached hydrogens (primary N) is 1. The molecule has 1 heterocycles. The zero-order valence-corrected chi connectivity index (χ0v) is 12.2. The van der Waals surface area contributed by atoms with E-state index in [1.54, 1.807) is 0 Å². The van der Waals surface area contributed by atoms with E-state index in [0.717, 1.165) is 32.4 Å². The molecule has 19 heavy (non-hydrogen) atoms. The van der Waals surface area contributed by atoms with Crippen LogP contribution in [0.5, 0.6) is 0 Å². The molecular weight excluding hydrogens is 238 g/mol. The zero-order chi connectivity index (χ0) is 13.7. The van der Waals surface area contributed by atoms with Crippen LogP contribution in [0.1, 0.15) is 45.4 Å². The summed E-state index contributed by atoms with van der Waals surface area (Å²) in [4.78, 5) is 14.7. The summed E-state index contributed by atoms with van der Waals surface area (Å²) < 4.78 is 0. The van der Waals surface area contributed by atoms with Gasteiger partial charge in [-0.25, -0.2) is 0 Å². The first-order valence-corrected chi connectivity index (χ1v) is 7.92. The van der Waals surface area contributed by atoms with E-state index in [2.05, 4.69) is 17.1 Å². The lowest BCUT2D eigenvalue weighted by Crippen LogP contribution is -2.43. The van der Waals surface area contributed by atoms with Crippen LogP contribution in [0.15, 0.2) is 0 Å². The van der Waals surface area contributed by atoms with Crippen molar-refractivity contribution in [3.05, 3.63) is 0 Å². The smallest absolute Gasteiger partial charge is 0.223 e. The van der Waals surface area contributed by atoms with Crippen molar-refractivity contribution in [3.8, 4) is 0 Å². The maximum atomic E-state index is 12.2. The summed E-state index contributed by atoms with van der Waals surface area (Å²) >= 11 is 0. The number of nitrogens with zero attached hydrogens (tertiary/aromatic N) is 1. The molecule has 4 heteroatoms. The number of hydrogen-bond acceptors (Lipinski definition) is 3. The maximum Gasteiger partial charge on any atom is 0.223 e. The molecule has 3 N–H and O–H groups in total. The Morgan fingerprint density at radius 3 is 2.74 bits per heavy atom. The van der Waals surface area contributed by atoms with Crippen molar-refractivity contribution < 1.29 is 4.79 Å². The van der Waals surface area contributed by atoms with Crippen LogP contribution in [0.4, 0.5) is 0 Å². The van der Waals surface area contributed by atoms with Gasteiger partial charge in [-0.05, 0) is 64.6 Å². The van der Waals surface area contributed by atoms with Crippen LogP contribution in [0.3, 0.4) is 0 Å². The third-order valence-corrected chi connectivity index (χ3v) is 4.82. The largest absolute Gasteiger partial charge is 0.354 e. The van der Waals surface area contributed by atoms with E-state index in [4.69, 9.17) is 5.73 Å². The van der Waals surface area contributed by atoms with Crippen molar-refractivity contribution in [3.63, 3.8) is 0 Å². The minimum absolute atomic E-state index is 0.202. The first kappa shape index (κ1) is 14.8. The van der Waals surface area contributed by atoms with E-state index < -0.39 is 0 Å². The molecule has 4 nitrogen and oxygen atoms in total. The Bertz CT molecular complexity index is 289. The summed E-state index contributed by atoms with van der Waals surface area (Å²) in [7, 11) is 0. The van der Waals surface area contributed by atoms with E-state index in [0.29, 0.717) is 12.0 Å². The molecule has 1 aliphatic carbocycles. The molecule has 0 radical (unpaired) electrons. The van der Waals surface area contributed by atoms with Gasteiger partial charge in [-0.3, -0.25) is 9.69 Å². The minimum Gasteiger partial charge on any atom is -0.354 e. The van der Waals surface area contributed by atoms with Crippen molar-refractivity contribution >= 4 is 5.91 Å². The molecule has 0 aromatic rings. The van der Waals surface area contributed by atoms with Crippen molar-refractivity contribution in [2.45, 2.75) is 51.5 Å². The first-order chi connectivity index (χ1) is 9.20. The van der Waals surface area contributed by atoms with Crippen LogP contribution in [0.2, 0.25) is 0 Å². The molecule has 1 saturated heterocycles. The van der Waals surface area contributed by atoms with Crippen LogP contribution in [-0.2, 0) is 4.79 Å². The minimum atomic E-state index is 0.202. The van der Waals surface area contributed by atoms with Crippen molar-refractivity contribution in [1.82, 2.24) is 10.2 Å². The normalized spacial score (nSPS) is 30.2. The van der Waals surface area contributed by atoms with E-state index in [1.807, 2.05) is 0 Å². The predicted molar refractivity (Wildman–Crippen MR) is 77.8 cm³/mol. The number of nitrogens with one attached hydrogen (secondary N) is 1. The zero-order valence-electron chi connectivity index (χ0n) is 12.2. The maximum absolute atomic E-state index is 12.2. The van der Waals surface area contributed by atoms with Crippen molar-refractivity contribution in [1.29, 1.82) is 0 Å². The monoisotopic (exact) mass is 267 g/mol. The fourth-order valence-electron chi connectivity index (χ4n) is 3.45. The number of carbonyl (C=O) groups excluding carboxylic acids is 1. The van der Waals surface area contributed by atoms with Gasteiger partial charge in [-0.15, -0.1) is 0 Å². The molecule has 2 aliphatic rings. The van der Waals surface area contributed by atoms with Crippen LogP contribution in [-0.4, -0.2) is 43.0 Å². The van der Waals surface area contributed by atoms with Gasteiger partial charge in [0.25, 0.3) is 0 Å². The van der Waals surface area contributed by atoms with E-state index in [1.165, 1.54) is 32.4 Å². The predicted octanol–water partition coefficient (Wildman–Crippen LogP) is 1.35. The van der Waals surface area contributed by atoms with Crippen LogP contribution < -0.4 is 11.1 Å². The van der Waals surface area contributed by atoms with Crippen LogP contribution in [0.25, 0.3) is 0 Å². The average Bonchev–Trinajstić information content (AvgIpc) is 2.98. The van der Waals surface area contributed by atoms with Crippen molar-refractivity contribution in [2.75, 3.05) is 26.2 Å². The molecule has 0 aromatic heterocycles. The summed E-state index contributed by atoms with van der Waals surface area (Å²) in [5.74, 6) is 1.01. The molecule has 2 rings (SSSR count). The van der Waals surface area contributed by atoms with Gasteiger partial charge in [0, 0.05) is 18.5 Å². The number of amides is 1. The lowest BCUT2D eigenvalue weighted by atomic mass is 9.81. The van der Waals surface area contributed by atoms with Crippen LogP contribution in [0, 0.1) is 11.8 Å². The lowest BCUT2D eigenvalue weighted by molar-refractivity contribution is -0.126. The third-order valence-electron chi connectivity index (χ3n) is 4.82. The fourth-order valence-corrected chi connectivity index (χ4v) is 3.45.